The van der Waals surface area contributed by atoms with Gasteiger partial charge >= 0.3 is 6.03 Å². The summed E-state index contributed by atoms with van der Waals surface area (Å²) in [4.78, 5) is 25.3. The van der Waals surface area contributed by atoms with Gasteiger partial charge in [-0.3, -0.25) is 15.2 Å². The van der Waals surface area contributed by atoms with Crippen LogP contribution in [0.25, 0.3) is 10.9 Å². The average Bonchev–Trinajstić information content (AvgIpc) is 3.12. The predicted octanol–water partition coefficient (Wildman–Crippen LogP) is 1.64. The maximum absolute atomic E-state index is 11.8. The lowest BCUT2D eigenvalue weighted by molar-refractivity contribution is -0.121. The van der Waals surface area contributed by atoms with Crippen molar-refractivity contribution in [2.24, 2.45) is 5.92 Å². The number of aromatic amines is 1. The van der Waals surface area contributed by atoms with Gasteiger partial charge in [0, 0.05) is 29.2 Å². The smallest absolute Gasteiger partial charge is 0.322 e. The van der Waals surface area contributed by atoms with Gasteiger partial charge in [0.25, 0.3) is 5.91 Å². The molecule has 3 heterocycles. The van der Waals surface area contributed by atoms with Crippen molar-refractivity contribution < 1.29 is 9.59 Å². The third kappa shape index (κ3) is 2.50. The molecule has 7 nitrogen and oxygen atoms in total. The topological polar surface area (TPSA) is 90.1 Å². The van der Waals surface area contributed by atoms with Gasteiger partial charge in [-0.15, -0.1) is 0 Å². The lowest BCUT2D eigenvalue weighted by Crippen LogP contribution is -2.44. The number of piperidine rings is 1. The molecule has 0 radical (unpaired) electrons. The SMILES string of the molecule is O=C1NC(=O)C(C2CCN(c3cc(Cl)cc4[nH]ncc34)CC2)N1. The molecular weight excluding hydrogens is 318 g/mol. The fourth-order valence-electron chi connectivity index (χ4n) is 3.50. The van der Waals surface area contributed by atoms with E-state index in [1.165, 1.54) is 0 Å². The number of carbonyl (C=O) groups excluding carboxylic acids is 2. The monoisotopic (exact) mass is 333 g/mol. The van der Waals surface area contributed by atoms with Gasteiger partial charge in [0.15, 0.2) is 0 Å². The number of urea groups is 1. The highest BCUT2D eigenvalue weighted by Gasteiger charge is 2.37. The van der Waals surface area contributed by atoms with Gasteiger partial charge in [0.2, 0.25) is 0 Å². The molecule has 0 saturated carbocycles. The van der Waals surface area contributed by atoms with Gasteiger partial charge in [0.05, 0.1) is 11.7 Å². The second kappa shape index (κ2) is 5.42. The molecule has 23 heavy (non-hydrogen) atoms. The minimum atomic E-state index is -0.405. The van der Waals surface area contributed by atoms with Gasteiger partial charge in [0.1, 0.15) is 6.04 Å². The number of anilines is 1. The molecule has 2 aliphatic heterocycles. The Labute approximate surface area is 137 Å². The van der Waals surface area contributed by atoms with Gasteiger partial charge in [-0.25, -0.2) is 4.79 Å². The first kappa shape index (κ1) is 14.3. The van der Waals surface area contributed by atoms with Crippen LogP contribution in [0.15, 0.2) is 18.3 Å². The molecule has 2 fully saturated rings. The number of amides is 3. The minimum absolute atomic E-state index is 0.164. The normalized spacial score (nSPS) is 22.5. The van der Waals surface area contributed by atoms with Gasteiger partial charge < -0.3 is 10.2 Å². The lowest BCUT2D eigenvalue weighted by Gasteiger charge is -2.35. The van der Waals surface area contributed by atoms with Crippen LogP contribution in [0.5, 0.6) is 0 Å². The van der Waals surface area contributed by atoms with E-state index >= 15 is 0 Å². The summed E-state index contributed by atoms with van der Waals surface area (Å²) in [5, 5.41) is 13.7. The summed E-state index contributed by atoms with van der Waals surface area (Å²) >= 11 is 6.19. The fourth-order valence-corrected chi connectivity index (χ4v) is 3.71. The third-order valence-corrected chi connectivity index (χ3v) is 4.88. The van der Waals surface area contributed by atoms with Crippen molar-refractivity contribution in [1.29, 1.82) is 0 Å². The Balaban J connectivity index is 1.52. The Morgan fingerprint density at radius 2 is 2.00 bits per heavy atom. The van der Waals surface area contributed by atoms with E-state index in [-0.39, 0.29) is 11.8 Å². The molecular formula is C15H16ClN5O2. The maximum Gasteiger partial charge on any atom is 0.322 e. The van der Waals surface area contributed by atoms with E-state index in [1.807, 2.05) is 12.1 Å². The van der Waals surface area contributed by atoms with Crippen molar-refractivity contribution >= 4 is 40.1 Å². The van der Waals surface area contributed by atoms with E-state index in [0.29, 0.717) is 5.02 Å². The lowest BCUT2D eigenvalue weighted by atomic mass is 9.89. The molecule has 2 aliphatic rings. The first-order chi connectivity index (χ1) is 11.1. The Morgan fingerprint density at radius 3 is 2.70 bits per heavy atom. The molecule has 2 aromatic rings. The molecule has 120 valence electrons. The zero-order valence-electron chi connectivity index (χ0n) is 12.3. The Hall–Kier alpha value is -2.28. The standard InChI is InChI=1S/C15H16ClN5O2/c16-9-5-11-10(7-17-20-11)12(6-9)21-3-1-8(2-4-21)13-14(22)19-15(23)18-13/h5-8,13H,1-4H2,(H,17,20)(H2,18,19,22,23). The van der Waals surface area contributed by atoms with E-state index in [4.69, 9.17) is 11.6 Å². The van der Waals surface area contributed by atoms with Crippen molar-refractivity contribution in [2.75, 3.05) is 18.0 Å². The number of imide groups is 1. The number of benzene rings is 1. The van der Waals surface area contributed by atoms with Crippen molar-refractivity contribution in [3.05, 3.63) is 23.4 Å². The number of hydrogen-bond donors (Lipinski definition) is 3. The summed E-state index contributed by atoms with van der Waals surface area (Å²) in [5.41, 5.74) is 1.97. The van der Waals surface area contributed by atoms with E-state index in [9.17, 15) is 9.59 Å². The summed E-state index contributed by atoms with van der Waals surface area (Å²) in [6.07, 6.45) is 3.48. The number of aromatic nitrogens is 2. The molecule has 0 spiro atoms. The number of nitrogens with one attached hydrogen (secondary N) is 3. The van der Waals surface area contributed by atoms with E-state index < -0.39 is 12.1 Å². The highest BCUT2D eigenvalue weighted by atomic mass is 35.5. The van der Waals surface area contributed by atoms with Crippen molar-refractivity contribution in [3.8, 4) is 0 Å². The summed E-state index contributed by atoms with van der Waals surface area (Å²) in [5.74, 6) is -0.0508. The van der Waals surface area contributed by atoms with Crippen molar-refractivity contribution in [3.63, 3.8) is 0 Å². The van der Waals surface area contributed by atoms with Crippen molar-refractivity contribution in [1.82, 2.24) is 20.8 Å². The molecule has 3 amide bonds. The second-order valence-corrected chi connectivity index (χ2v) is 6.46. The summed E-state index contributed by atoms with van der Waals surface area (Å²) in [7, 11) is 0. The highest BCUT2D eigenvalue weighted by Crippen LogP contribution is 2.33. The van der Waals surface area contributed by atoms with Crippen LogP contribution < -0.4 is 15.5 Å². The quantitative estimate of drug-likeness (QED) is 0.729. The molecule has 2 saturated heterocycles. The van der Waals surface area contributed by atoms with E-state index in [2.05, 4.69) is 25.7 Å². The number of H-pyrrole nitrogens is 1. The first-order valence-corrected chi connectivity index (χ1v) is 7.98. The van der Waals surface area contributed by atoms with Gasteiger partial charge in [-0.1, -0.05) is 11.6 Å². The third-order valence-electron chi connectivity index (χ3n) is 4.66. The minimum Gasteiger partial charge on any atom is -0.371 e. The van der Waals surface area contributed by atoms with Crippen LogP contribution in [0.3, 0.4) is 0 Å². The van der Waals surface area contributed by atoms with Crippen LogP contribution in [-0.2, 0) is 4.79 Å². The number of halogens is 1. The zero-order valence-corrected chi connectivity index (χ0v) is 13.1. The number of carbonyl (C=O) groups is 2. The highest BCUT2D eigenvalue weighted by molar-refractivity contribution is 6.31. The fraction of sp³-hybridized carbons (Fsp3) is 0.400. The van der Waals surface area contributed by atoms with Crippen LogP contribution in [-0.4, -0.2) is 41.3 Å². The zero-order chi connectivity index (χ0) is 16.0. The maximum atomic E-state index is 11.8. The average molecular weight is 334 g/mol. The second-order valence-electron chi connectivity index (χ2n) is 6.02. The molecule has 3 N–H and O–H groups in total. The molecule has 0 bridgehead atoms. The summed E-state index contributed by atoms with van der Waals surface area (Å²) in [6, 6.07) is 3.01. The number of rotatable bonds is 2. The molecule has 4 rings (SSSR count). The molecule has 1 aromatic carbocycles. The molecule has 1 atom stereocenters. The molecule has 8 heteroatoms. The molecule has 1 unspecified atom stereocenters. The number of nitrogens with zero attached hydrogens (tertiary/aromatic N) is 2. The van der Waals surface area contributed by atoms with Crippen LogP contribution in [0.4, 0.5) is 10.5 Å². The number of hydrogen-bond acceptors (Lipinski definition) is 4. The number of fused-ring (bicyclic) bond motifs is 1. The van der Waals surface area contributed by atoms with Crippen LogP contribution in [0.2, 0.25) is 5.02 Å². The van der Waals surface area contributed by atoms with Crippen LogP contribution in [0, 0.1) is 5.92 Å². The molecule has 0 aliphatic carbocycles. The molecule has 1 aromatic heterocycles. The van der Waals surface area contributed by atoms with E-state index in [1.54, 1.807) is 6.20 Å². The Kier molecular flexibility index (Phi) is 3.37. The predicted molar refractivity (Wildman–Crippen MR) is 86.5 cm³/mol. The first-order valence-electron chi connectivity index (χ1n) is 7.61. The summed E-state index contributed by atoms with van der Waals surface area (Å²) < 4.78 is 0. The Morgan fingerprint density at radius 1 is 1.22 bits per heavy atom. The van der Waals surface area contributed by atoms with Crippen LogP contribution >= 0.6 is 11.6 Å². The van der Waals surface area contributed by atoms with E-state index in [0.717, 1.165) is 42.5 Å². The Bertz CT molecular complexity index is 781. The van der Waals surface area contributed by atoms with Gasteiger partial charge in [-0.2, -0.15) is 5.10 Å². The largest absolute Gasteiger partial charge is 0.371 e. The van der Waals surface area contributed by atoms with Gasteiger partial charge in [-0.05, 0) is 30.9 Å². The summed E-state index contributed by atoms with van der Waals surface area (Å²) in [6.45, 7) is 1.62. The van der Waals surface area contributed by atoms with Crippen LogP contribution in [0.1, 0.15) is 12.8 Å². The van der Waals surface area contributed by atoms with Crippen molar-refractivity contribution in [2.45, 2.75) is 18.9 Å².